The number of aromatic hydroxyl groups is 1. The van der Waals surface area contributed by atoms with Crippen molar-refractivity contribution in [2.45, 2.75) is 45.6 Å². The largest absolute Gasteiger partial charge is 0.508 e. The molecule has 0 bridgehead atoms. The molecule has 1 aromatic rings. The van der Waals surface area contributed by atoms with Crippen molar-refractivity contribution >= 4 is 0 Å². The van der Waals surface area contributed by atoms with Crippen molar-refractivity contribution in [3.05, 3.63) is 29.3 Å². The summed E-state index contributed by atoms with van der Waals surface area (Å²) in [5, 5.41) is 9.62. The lowest BCUT2D eigenvalue weighted by atomic mass is 9.67. The Bertz CT molecular complexity index is 392. The van der Waals surface area contributed by atoms with Crippen molar-refractivity contribution < 1.29 is 5.11 Å². The standard InChI is InChI=1S/C14H21NO/c1-14(2,3)13-11-8-10(16)6-4-9(11)5-7-12(13)15/h4,6,8,12-13,16H,5,7,15H2,1-3H3. The van der Waals surface area contributed by atoms with Gasteiger partial charge >= 0.3 is 0 Å². The third kappa shape index (κ3) is 1.94. The summed E-state index contributed by atoms with van der Waals surface area (Å²) in [6, 6.07) is 5.91. The zero-order chi connectivity index (χ0) is 11.9. The molecule has 2 atom stereocenters. The van der Waals surface area contributed by atoms with Gasteiger partial charge in [0.25, 0.3) is 0 Å². The molecule has 88 valence electrons. The predicted octanol–water partition coefficient (Wildman–Crippen LogP) is 2.80. The van der Waals surface area contributed by atoms with Crippen LogP contribution >= 0.6 is 0 Å². The van der Waals surface area contributed by atoms with Gasteiger partial charge in [-0.3, -0.25) is 0 Å². The lowest BCUT2D eigenvalue weighted by Gasteiger charge is -2.40. The molecular formula is C14H21NO. The third-order valence-corrected chi connectivity index (χ3v) is 3.57. The zero-order valence-electron chi connectivity index (χ0n) is 10.3. The van der Waals surface area contributed by atoms with Crippen molar-refractivity contribution in [3.8, 4) is 5.75 Å². The molecule has 1 aliphatic carbocycles. The molecule has 3 N–H and O–H groups in total. The summed E-state index contributed by atoms with van der Waals surface area (Å²) in [7, 11) is 0. The fourth-order valence-corrected chi connectivity index (χ4v) is 2.93. The SMILES string of the molecule is CC(C)(C)C1c2cc(O)ccc2CCC1N. The second-order valence-corrected chi connectivity index (χ2v) is 5.93. The normalized spacial score (nSPS) is 25.2. The van der Waals surface area contributed by atoms with E-state index in [4.69, 9.17) is 5.73 Å². The van der Waals surface area contributed by atoms with Gasteiger partial charge in [-0.2, -0.15) is 0 Å². The molecule has 0 saturated carbocycles. The number of rotatable bonds is 0. The van der Waals surface area contributed by atoms with Gasteiger partial charge in [0, 0.05) is 12.0 Å². The molecule has 2 rings (SSSR count). The Morgan fingerprint density at radius 2 is 2.00 bits per heavy atom. The molecule has 2 nitrogen and oxygen atoms in total. The van der Waals surface area contributed by atoms with Crippen LogP contribution in [0.4, 0.5) is 0 Å². The Labute approximate surface area is 97.5 Å². The first-order chi connectivity index (χ1) is 7.39. The summed E-state index contributed by atoms with van der Waals surface area (Å²) in [5.41, 5.74) is 8.98. The highest BCUT2D eigenvalue weighted by Crippen LogP contribution is 2.43. The number of phenols is 1. The lowest BCUT2D eigenvalue weighted by Crippen LogP contribution is -2.40. The monoisotopic (exact) mass is 219 g/mol. The van der Waals surface area contributed by atoms with Crippen LogP contribution in [0.5, 0.6) is 5.75 Å². The van der Waals surface area contributed by atoms with Gasteiger partial charge in [0.1, 0.15) is 5.75 Å². The maximum Gasteiger partial charge on any atom is 0.115 e. The molecule has 2 unspecified atom stereocenters. The van der Waals surface area contributed by atoms with Crippen LogP contribution in [0.25, 0.3) is 0 Å². The molecule has 1 aromatic carbocycles. The van der Waals surface area contributed by atoms with Gasteiger partial charge in [0.05, 0.1) is 0 Å². The minimum absolute atomic E-state index is 0.141. The van der Waals surface area contributed by atoms with Crippen LogP contribution < -0.4 is 5.73 Å². The molecule has 0 radical (unpaired) electrons. The molecular weight excluding hydrogens is 198 g/mol. The predicted molar refractivity (Wildman–Crippen MR) is 66.6 cm³/mol. The van der Waals surface area contributed by atoms with Gasteiger partial charge < -0.3 is 10.8 Å². The first-order valence-corrected chi connectivity index (χ1v) is 5.97. The highest BCUT2D eigenvalue weighted by atomic mass is 16.3. The molecule has 0 amide bonds. The fourth-order valence-electron chi connectivity index (χ4n) is 2.93. The van der Waals surface area contributed by atoms with Crippen molar-refractivity contribution in [2.75, 3.05) is 0 Å². The summed E-state index contributed by atoms with van der Waals surface area (Å²) in [6.07, 6.45) is 2.07. The van der Waals surface area contributed by atoms with Crippen LogP contribution in [0.1, 0.15) is 44.2 Å². The first kappa shape index (κ1) is 11.5. The second-order valence-electron chi connectivity index (χ2n) is 5.93. The summed E-state index contributed by atoms with van der Waals surface area (Å²) in [6.45, 7) is 6.66. The van der Waals surface area contributed by atoms with Crippen LogP contribution in [-0.4, -0.2) is 11.1 Å². The van der Waals surface area contributed by atoms with E-state index in [0.717, 1.165) is 12.8 Å². The minimum atomic E-state index is 0.141. The number of benzene rings is 1. The molecule has 0 aliphatic heterocycles. The Kier molecular flexibility index (Phi) is 2.70. The van der Waals surface area contributed by atoms with Crippen molar-refractivity contribution in [3.63, 3.8) is 0 Å². The van der Waals surface area contributed by atoms with E-state index in [-0.39, 0.29) is 11.5 Å². The molecule has 0 heterocycles. The van der Waals surface area contributed by atoms with Crippen LogP contribution in [0.15, 0.2) is 18.2 Å². The van der Waals surface area contributed by atoms with E-state index in [9.17, 15) is 5.11 Å². The number of hydrogen-bond acceptors (Lipinski definition) is 2. The van der Waals surface area contributed by atoms with Crippen LogP contribution in [0.3, 0.4) is 0 Å². The molecule has 16 heavy (non-hydrogen) atoms. The Balaban J connectivity index is 2.51. The van der Waals surface area contributed by atoms with Gasteiger partial charge in [-0.15, -0.1) is 0 Å². The first-order valence-electron chi connectivity index (χ1n) is 5.97. The number of phenolic OH excluding ortho intramolecular Hbond substituents is 1. The molecule has 2 heteroatoms. The van der Waals surface area contributed by atoms with E-state index in [1.165, 1.54) is 11.1 Å². The summed E-state index contributed by atoms with van der Waals surface area (Å²) in [4.78, 5) is 0. The Morgan fingerprint density at radius 1 is 1.31 bits per heavy atom. The van der Waals surface area contributed by atoms with E-state index in [2.05, 4.69) is 20.8 Å². The Morgan fingerprint density at radius 3 is 2.62 bits per heavy atom. The Hall–Kier alpha value is -1.02. The van der Waals surface area contributed by atoms with Gasteiger partial charge in [0.15, 0.2) is 0 Å². The van der Waals surface area contributed by atoms with Gasteiger partial charge in [-0.05, 0) is 41.5 Å². The van der Waals surface area contributed by atoms with Crippen LogP contribution in [0, 0.1) is 5.41 Å². The summed E-state index contributed by atoms with van der Waals surface area (Å²) < 4.78 is 0. The topological polar surface area (TPSA) is 46.2 Å². The van der Waals surface area contributed by atoms with E-state index < -0.39 is 0 Å². The minimum Gasteiger partial charge on any atom is -0.508 e. The van der Waals surface area contributed by atoms with Crippen molar-refractivity contribution in [1.29, 1.82) is 0 Å². The summed E-state index contributed by atoms with van der Waals surface area (Å²) in [5.74, 6) is 0.686. The molecule has 0 spiro atoms. The number of aryl methyl sites for hydroxylation is 1. The maximum absolute atomic E-state index is 9.62. The van der Waals surface area contributed by atoms with Crippen LogP contribution in [0.2, 0.25) is 0 Å². The molecule has 0 fully saturated rings. The smallest absolute Gasteiger partial charge is 0.115 e. The zero-order valence-corrected chi connectivity index (χ0v) is 10.3. The van der Waals surface area contributed by atoms with E-state index in [1.54, 1.807) is 6.07 Å². The van der Waals surface area contributed by atoms with Gasteiger partial charge in [-0.1, -0.05) is 26.8 Å². The van der Waals surface area contributed by atoms with E-state index >= 15 is 0 Å². The summed E-state index contributed by atoms with van der Waals surface area (Å²) >= 11 is 0. The van der Waals surface area contributed by atoms with Crippen molar-refractivity contribution in [2.24, 2.45) is 11.1 Å². The van der Waals surface area contributed by atoms with E-state index in [0.29, 0.717) is 11.7 Å². The lowest BCUT2D eigenvalue weighted by molar-refractivity contribution is 0.260. The van der Waals surface area contributed by atoms with Crippen LogP contribution in [-0.2, 0) is 6.42 Å². The molecule has 0 aromatic heterocycles. The third-order valence-electron chi connectivity index (χ3n) is 3.57. The van der Waals surface area contributed by atoms with E-state index in [1.807, 2.05) is 12.1 Å². The molecule has 0 saturated heterocycles. The maximum atomic E-state index is 9.62. The quantitative estimate of drug-likeness (QED) is 0.704. The fraction of sp³-hybridized carbons (Fsp3) is 0.571. The number of nitrogens with two attached hydrogens (primary N) is 1. The highest BCUT2D eigenvalue weighted by molar-refractivity contribution is 5.40. The number of hydrogen-bond donors (Lipinski definition) is 2. The van der Waals surface area contributed by atoms with Gasteiger partial charge in [0.2, 0.25) is 0 Å². The number of fused-ring (bicyclic) bond motifs is 1. The van der Waals surface area contributed by atoms with Crippen molar-refractivity contribution in [1.82, 2.24) is 0 Å². The average Bonchev–Trinajstić information content (AvgIpc) is 2.14. The highest BCUT2D eigenvalue weighted by Gasteiger charge is 2.35. The van der Waals surface area contributed by atoms with Gasteiger partial charge in [-0.25, -0.2) is 0 Å². The average molecular weight is 219 g/mol. The second kappa shape index (κ2) is 3.77. The molecule has 1 aliphatic rings.